The second kappa shape index (κ2) is 7.61. The number of ketones is 1. The standard InChI is InChI=1S/C29H41NO4/c1-26(30(3)4)11-7-19(8-12-26)21-17-27(2)22(5-6-24(27)31)20-9-13-28(32)18-29(33-15-16-34-29)14-10-23(28)25(20)21/h7-8,11,20-22,32H,5-6,9-10,12-18H2,1-4H3/t20?,21-,22+,26?,27+,28-/m1/s1. The van der Waals surface area contributed by atoms with Crippen molar-refractivity contribution in [2.45, 2.75) is 88.6 Å². The molecule has 1 heterocycles. The summed E-state index contributed by atoms with van der Waals surface area (Å²) in [5, 5.41) is 12.1. The molecule has 6 aliphatic rings. The zero-order valence-corrected chi connectivity index (χ0v) is 21.4. The van der Waals surface area contributed by atoms with Gasteiger partial charge in [0.15, 0.2) is 5.79 Å². The second-order valence-electron chi connectivity index (χ2n) is 12.6. The number of aliphatic hydroxyl groups is 1. The maximum atomic E-state index is 13.2. The zero-order valence-electron chi connectivity index (χ0n) is 21.4. The molecule has 5 nitrogen and oxygen atoms in total. The number of ether oxygens (including phenoxy) is 2. The third-order valence-corrected chi connectivity index (χ3v) is 10.7. The molecule has 1 saturated heterocycles. The Morgan fingerprint density at radius 2 is 1.85 bits per heavy atom. The smallest absolute Gasteiger partial charge is 0.171 e. The summed E-state index contributed by atoms with van der Waals surface area (Å²) in [6, 6.07) is 0. The summed E-state index contributed by atoms with van der Waals surface area (Å²) in [6.45, 7) is 5.77. The van der Waals surface area contributed by atoms with E-state index in [2.05, 4.69) is 51.1 Å². The maximum absolute atomic E-state index is 13.2. The van der Waals surface area contributed by atoms with E-state index in [1.165, 1.54) is 16.7 Å². The van der Waals surface area contributed by atoms with Crippen molar-refractivity contribution in [2.24, 2.45) is 23.2 Å². The molecule has 1 N–H and O–H groups in total. The number of likely N-dealkylation sites (N-methyl/N-ethyl adjacent to an activating group) is 1. The van der Waals surface area contributed by atoms with Gasteiger partial charge in [-0.05, 0) is 82.5 Å². The molecule has 34 heavy (non-hydrogen) atoms. The van der Waals surface area contributed by atoms with E-state index in [4.69, 9.17) is 9.47 Å². The minimum atomic E-state index is -0.847. The fourth-order valence-corrected chi connectivity index (χ4v) is 8.41. The third-order valence-electron chi connectivity index (χ3n) is 10.7. The highest BCUT2D eigenvalue weighted by Gasteiger charge is 2.60. The van der Waals surface area contributed by atoms with Crippen LogP contribution in [0.2, 0.25) is 0 Å². The Bertz CT molecular complexity index is 988. The highest BCUT2D eigenvalue weighted by molar-refractivity contribution is 5.87. The first-order valence-corrected chi connectivity index (χ1v) is 13.4. The van der Waals surface area contributed by atoms with Crippen molar-refractivity contribution in [1.82, 2.24) is 4.90 Å². The van der Waals surface area contributed by atoms with Crippen molar-refractivity contribution in [2.75, 3.05) is 27.3 Å². The minimum absolute atomic E-state index is 0.0205. The van der Waals surface area contributed by atoms with Crippen LogP contribution in [0.25, 0.3) is 0 Å². The Kier molecular flexibility index (Phi) is 5.18. The van der Waals surface area contributed by atoms with Crippen LogP contribution in [-0.2, 0) is 14.3 Å². The van der Waals surface area contributed by atoms with Crippen LogP contribution in [0.15, 0.2) is 34.9 Å². The third kappa shape index (κ3) is 3.23. The highest BCUT2D eigenvalue weighted by Crippen LogP contribution is 2.64. The molecule has 5 heteroatoms. The van der Waals surface area contributed by atoms with Crippen LogP contribution in [-0.4, -0.2) is 60.0 Å². The molecule has 2 unspecified atom stereocenters. The van der Waals surface area contributed by atoms with E-state index in [0.717, 1.165) is 51.4 Å². The zero-order chi connectivity index (χ0) is 23.9. The molecule has 1 spiro atoms. The normalized spacial score (nSPS) is 45.4. The number of carbonyl (C=O) groups excluding carboxylic acids is 1. The molecule has 4 fully saturated rings. The molecule has 186 valence electrons. The summed E-state index contributed by atoms with van der Waals surface area (Å²) in [4.78, 5) is 15.5. The molecule has 6 atom stereocenters. The van der Waals surface area contributed by atoms with Gasteiger partial charge in [-0.2, -0.15) is 0 Å². The van der Waals surface area contributed by atoms with Crippen LogP contribution < -0.4 is 0 Å². The first-order valence-electron chi connectivity index (χ1n) is 13.4. The van der Waals surface area contributed by atoms with Crippen molar-refractivity contribution in [1.29, 1.82) is 0 Å². The molecule has 1 aliphatic heterocycles. The molecule has 0 aromatic carbocycles. The Hall–Kier alpha value is -1.27. The predicted octanol–water partition coefficient (Wildman–Crippen LogP) is 4.56. The fourth-order valence-electron chi connectivity index (χ4n) is 8.41. The first-order chi connectivity index (χ1) is 16.1. The molecule has 0 bridgehead atoms. The Morgan fingerprint density at radius 1 is 1.09 bits per heavy atom. The van der Waals surface area contributed by atoms with Gasteiger partial charge in [-0.15, -0.1) is 0 Å². The lowest BCUT2D eigenvalue weighted by Gasteiger charge is -2.55. The average molecular weight is 468 g/mol. The largest absolute Gasteiger partial charge is 0.385 e. The van der Waals surface area contributed by atoms with Gasteiger partial charge in [-0.1, -0.05) is 30.7 Å². The molecule has 3 saturated carbocycles. The Balaban J connectivity index is 1.43. The number of hydrogen-bond acceptors (Lipinski definition) is 5. The molecule has 5 aliphatic carbocycles. The van der Waals surface area contributed by atoms with Crippen LogP contribution in [0.1, 0.15) is 71.6 Å². The summed E-state index contributed by atoms with van der Waals surface area (Å²) >= 11 is 0. The fraction of sp³-hybridized carbons (Fsp3) is 0.759. The monoisotopic (exact) mass is 467 g/mol. The number of Topliss-reactive ketones (excluding diaryl/α,β-unsaturated/α-hetero) is 1. The molecule has 0 aromatic heterocycles. The van der Waals surface area contributed by atoms with E-state index < -0.39 is 11.4 Å². The van der Waals surface area contributed by atoms with Crippen LogP contribution in [0, 0.1) is 23.2 Å². The van der Waals surface area contributed by atoms with Crippen LogP contribution in [0.5, 0.6) is 0 Å². The summed E-state index contributed by atoms with van der Waals surface area (Å²) in [5.41, 5.74) is 3.02. The van der Waals surface area contributed by atoms with Crippen molar-refractivity contribution < 1.29 is 19.4 Å². The number of rotatable bonds is 2. The number of carbonyl (C=O) groups is 1. The molecule has 0 amide bonds. The van der Waals surface area contributed by atoms with Gasteiger partial charge in [0.1, 0.15) is 5.78 Å². The Labute approximate surface area is 204 Å². The van der Waals surface area contributed by atoms with Gasteiger partial charge in [-0.3, -0.25) is 4.79 Å². The van der Waals surface area contributed by atoms with E-state index in [0.29, 0.717) is 37.3 Å². The summed E-state index contributed by atoms with van der Waals surface area (Å²) in [6.07, 6.45) is 14.6. The summed E-state index contributed by atoms with van der Waals surface area (Å²) in [7, 11) is 4.28. The van der Waals surface area contributed by atoms with Crippen LogP contribution in [0.3, 0.4) is 0 Å². The number of hydrogen-bond donors (Lipinski definition) is 1. The van der Waals surface area contributed by atoms with Gasteiger partial charge in [0.2, 0.25) is 0 Å². The molecular weight excluding hydrogens is 426 g/mol. The van der Waals surface area contributed by atoms with Gasteiger partial charge < -0.3 is 19.5 Å². The predicted molar refractivity (Wildman–Crippen MR) is 131 cm³/mol. The van der Waals surface area contributed by atoms with Gasteiger partial charge >= 0.3 is 0 Å². The quantitative estimate of drug-likeness (QED) is 0.603. The van der Waals surface area contributed by atoms with E-state index in [-0.39, 0.29) is 16.9 Å². The van der Waals surface area contributed by atoms with Crippen molar-refractivity contribution >= 4 is 5.78 Å². The van der Waals surface area contributed by atoms with E-state index in [1.54, 1.807) is 0 Å². The van der Waals surface area contributed by atoms with Crippen LogP contribution in [0.4, 0.5) is 0 Å². The van der Waals surface area contributed by atoms with Crippen LogP contribution >= 0.6 is 0 Å². The molecule has 6 rings (SSSR count). The van der Waals surface area contributed by atoms with Crippen molar-refractivity contribution in [3.8, 4) is 0 Å². The van der Waals surface area contributed by atoms with Gasteiger partial charge in [-0.25, -0.2) is 0 Å². The van der Waals surface area contributed by atoms with Gasteiger partial charge in [0.05, 0.1) is 18.8 Å². The van der Waals surface area contributed by atoms with Gasteiger partial charge in [0.25, 0.3) is 0 Å². The molecule has 0 aromatic rings. The molecular formula is C29H41NO4. The lowest BCUT2D eigenvalue weighted by molar-refractivity contribution is -0.208. The summed E-state index contributed by atoms with van der Waals surface area (Å²) < 4.78 is 12.1. The SMILES string of the molecule is CN(C)C1(C)C=CC([C@H]2C[C@]3(C)C(=O)CC[C@H]3C3CC[C@@]4(O)CC5(CCC4=C32)OCCO5)=CC1. The summed E-state index contributed by atoms with van der Waals surface area (Å²) in [5.74, 6) is 0.893. The lowest BCUT2D eigenvalue weighted by Crippen LogP contribution is -2.54. The molecule has 0 radical (unpaired) electrons. The Morgan fingerprint density at radius 3 is 2.53 bits per heavy atom. The van der Waals surface area contributed by atoms with Gasteiger partial charge in [0, 0.05) is 36.1 Å². The van der Waals surface area contributed by atoms with Crippen molar-refractivity contribution in [3.05, 3.63) is 34.9 Å². The number of nitrogens with zero attached hydrogens (tertiary/aromatic N) is 1. The highest BCUT2D eigenvalue weighted by atomic mass is 16.7. The number of fused-ring (bicyclic) bond motifs is 4. The minimum Gasteiger partial charge on any atom is -0.385 e. The average Bonchev–Trinajstić information content (AvgIpc) is 3.36. The van der Waals surface area contributed by atoms with E-state index in [1.807, 2.05) is 0 Å². The van der Waals surface area contributed by atoms with E-state index >= 15 is 0 Å². The maximum Gasteiger partial charge on any atom is 0.171 e. The van der Waals surface area contributed by atoms with E-state index in [9.17, 15) is 9.90 Å². The lowest BCUT2D eigenvalue weighted by atomic mass is 9.51. The van der Waals surface area contributed by atoms with Crippen molar-refractivity contribution in [3.63, 3.8) is 0 Å². The second-order valence-corrected chi connectivity index (χ2v) is 12.6. The topological polar surface area (TPSA) is 59.0 Å². The number of allylic oxidation sites excluding steroid dienone is 3. The first kappa shape index (κ1) is 23.1.